The molecule has 1 saturated heterocycles. The molecule has 0 amide bonds. The zero-order chi connectivity index (χ0) is 14.1. The number of fused-ring (bicyclic) bond motifs is 1. The summed E-state index contributed by atoms with van der Waals surface area (Å²) in [6, 6.07) is 9.99. The molecule has 0 aliphatic carbocycles. The van der Waals surface area contributed by atoms with Crippen LogP contribution in [0.4, 0.5) is 0 Å². The normalized spacial score (nSPS) is 36.5. The number of benzene rings is 1. The highest BCUT2D eigenvalue weighted by Crippen LogP contribution is 2.36. The average molecular weight is 295 g/mol. The topological polar surface area (TPSA) is 82.3 Å². The standard InChI is InChI=1S/C14H17NO4S/c16-7-9-12(17)13(18)11-14(19-9)20-10(15-11)6-8-4-2-1-3-5-8/h1-5,9-10,12-14,16-18H,6-7H2/t9-,10?,12-,13-,14-/m1/s1. The molecule has 3 rings (SSSR count). The molecule has 0 spiro atoms. The van der Waals surface area contributed by atoms with Gasteiger partial charge in [-0.1, -0.05) is 42.1 Å². The van der Waals surface area contributed by atoms with Gasteiger partial charge in [-0.05, 0) is 5.56 Å². The maximum absolute atomic E-state index is 10.0. The van der Waals surface area contributed by atoms with Crippen molar-refractivity contribution in [3.05, 3.63) is 35.9 Å². The van der Waals surface area contributed by atoms with Crippen molar-refractivity contribution in [3.63, 3.8) is 0 Å². The van der Waals surface area contributed by atoms with Crippen molar-refractivity contribution in [3.8, 4) is 0 Å². The first-order valence-corrected chi connectivity index (χ1v) is 7.52. The van der Waals surface area contributed by atoms with Gasteiger partial charge in [0.2, 0.25) is 0 Å². The summed E-state index contributed by atoms with van der Waals surface area (Å²) < 4.78 is 5.58. The van der Waals surface area contributed by atoms with Crippen molar-refractivity contribution >= 4 is 17.5 Å². The fourth-order valence-corrected chi connectivity index (χ4v) is 3.77. The molecule has 20 heavy (non-hydrogen) atoms. The minimum absolute atomic E-state index is 0.0308. The maximum atomic E-state index is 10.0. The third-order valence-electron chi connectivity index (χ3n) is 3.55. The number of nitrogens with zero attached hydrogens (tertiary/aromatic N) is 1. The van der Waals surface area contributed by atoms with Crippen molar-refractivity contribution in [2.75, 3.05) is 6.61 Å². The predicted octanol–water partition coefficient (Wildman–Crippen LogP) is 0.182. The summed E-state index contributed by atoms with van der Waals surface area (Å²) in [6.45, 7) is -0.314. The molecule has 2 heterocycles. The van der Waals surface area contributed by atoms with Gasteiger partial charge >= 0.3 is 0 Å². The molecule has 0 bridgehead atoms. The van der Waals surface area contributed by atoms with Crippen LogP contribution >= 0.6 is 11.8 Å². The number of rotatable bonds is 3. The highest BCUT2D eigenvalue weighted by molar-refractivity contribution is 8.01. The van der Waals surface area contributed by atoms with E-state index < -0.39 is 18.3 Å². The summed E-state index contributed by atoms with van der Waals surface area (Å²) in [5, 5.41) is 29.0. The Morgan fingerprint density at radius 1 is 1.20 bits per heavy atom. The predicted molar refractivity (Wildman–Crippen MR) is 76.7 cm³/mol. The van der Waals surface area contributed by atoms with Crippen LogP contribution in [0.5, 0.6) is 0 Å². The van der Waals surface area contributed by atoms with Gasteiger partial charge in [0.25, 0.3) is 0 Å². The fourth-order valence-electron chi connectivity index (χ4n) is 2.47. The molecule has 1 fully saturated rings. The molecule has 1 aromatic carbocycles. The second kappa shape index (κ2) is 5.83. The van der Waals surface area contributed by atoms with E-state index >= 15 is 0 Å². The number of hydrogen-bond acceptors (Lipinski definition) is 6. The second-order valence-electron chi connectivity index (χ2n) is 4.96. The average Bonchev–Trinajstić information content (AvgIpc) is 2.86. The summed E-state index contributed by atoms with van der Waals surface area (Å²) in [5.41, 5.74) is 1.27. The molecule has 2 aliphatic rings. The SMILES string of the molecule is OC[C@H]1O[C@@H]2SC(Cc3ccccc3)N=C2[C@@H](O)[C@@H]1O. The third-order valence-corrected chi connectivity index (χ3v) is 4.74. The number of aliphatic imine (C=N–C) groups is 1. The van der Waals surface area contributed by atoms with Crippen LogP contribution in [0.3, 0.4) is 0 Å². The number of ether oxygens (including phenoxy) is 1. The minimum atomic E-state index is -1.12. The van der Waals surface area contributed by atoms with Gasteiger partial charge in [-0.25, -0.2) is 0 Å². The molecule has 0 radical (unpaired) electrons. The van der Waals surface area contributed by atoms with Crippen LogP contribution in [0.2, 0.25) is 0 Å². The fraction of sp³-hybridized carbons (Fsp3) is 0.500. The van der Waals surface area contributed by atoms with Crippen LogP contribution in [0.25, 0.3) is 0 Å². The molecule has 0 aromatic heterocycles. The number of hydrogen-bond donors (Lipinski definition) is 3. The molecule has 1 aromatic rings. The summed E-state index contributed by atoms with van der Waals surface area (Å²) in [7, 11) is 0. The van der Waals surface area contributed by atoms with Crippen molar-refractivity contribution in [1.29, 1.82) is 0 Å². The summed E-state index contributed by atoms with van der Waals surface area (Å²) in [6.07, 6.45) is -2.18. The lowest BCUT2D eigenvalue weighted by Gasteiger charge is -2.34. The first kappa shape index (κ1) is 14.0. The van der Waals surface area contributed by atoms with E-state index in [1.165, 1.54) is 17.3 Å². The molecule has 108 valence electrons. The Bertz CT molecular complexity index is 495. The smallest absolute Gasteiger partial charge is 0.146 e. The van der Waals surface area contributed by atoms with Gasteiger partial charge in [-0.15, -0.1) is 0 Å². The molecule has 2 aliphatic heterocycles. The lowest BCUT2D eigenvalue weighted by atomic mass is 10.0. The quantitative estimate of drug-likeness (QED) is 0.741. The van der Waals surface area contributed by atoms with Gasteiger partial charge in [0, 0.05) is 6.42 Å². The van der Waals surface area contributed by atoms with E-state index in [0.717, 1.165) is 6.42 Å². The number of aliphatic hydroxyl groups excluding tert-OH is 3. The van der Waals surface area contributed by atoms with Crippen LogP contribution in [-0.4, -0.2) is 56.8 Å². The van der Waals surface area contributed by atoms with E-state index in [9.17, 15) is 10.2 Å². The first-order valence-electron chi connectivity index (χ1n) is 6.58. The van der Waals surface area contributed by atoms with E-state index in [1.807, 2.05) is 30.3 Å². The molecule has 5 atom stereocenters. The Labute approximate surface area is 121 Å². The van der Waals surface area contributed by atoms with Crippen molar-refractivity contribution in [2.24, 2.45) is 4.99 Å². The van der Waals surface area contributed by atoms with Gasteiger partial charge in [0.1, 0.15) is 29.1 Å². The van der Waals surface area contributed by atoms with E-state index in [1.54, 1.807) is 0 Å². The van der Waals surface area contributed by atoms with Gasteiger partial charge < -0.3 is 20.1 Å². The third kappa shape index (κ3) is 2.62. The van der Waals surface area contributed by atoms with E-state index in [-0.39, 0.29) is 17.4 Å². The van der Waals surface area contributed by atoms with Crippen LogP contribution in [0.1, 0.15) is 5.56 Å². The Hall–Kier alpha value is -0.920. The second-order valence-corrected chi connectivity index (χ2v) is 6.20. The van der Waals surface area contributed by atoms with Crippen LogP contribution < -0.4 is 0 Å². The van der Waals surface area contributed by atoms with E-state index in [0.29, 0.717) is 5.71 Å². The first-order chi connectivity index (χ1) is 9.69. The van der Waals surface area contributed by atoms with Crippen LogP contribution in [0, 0.1) is 0 Å². The van der Waals surface area contributed by atoms with Gasteiger partial charge in [0.05, 0.1) is 12.3 Å². The molecule has 3 N–H and O–H groups in total. The zero-order valence-electron chi connectivity index (χ0n) is 10.8. The van der Waals surface area contributed by atoms with Gasteiger partial charge in [-0.2, -0.15) is 0 Å². The van der Waals surface area contributed by atoms with E-state index in [4.69, 9.17) is 9.84 Å². The Morgan fingerprint density at radius 2 is 1.95 bits per heavy atom. The monoisotopic (exact) mass is 295 g/mol. The Kier molecular flexibility index (Phi) is 4.09. The van der Waals surface area contributed by atoms with Crippen molar-refractivity contribution in [1.82, 2.24) is 0 Å². The lowest BCUT2D eigenvalue weighted by molar-refractivity contribution is -0.108. The molecule has 1 unspecified atom stereocenters. The summed E-state index contributed by atoms with van der Waals surface area (Å²) in [5.74, 6) is 0. The maximum Gasteiger partial charge on any atom is 0.146 e. The molecular weight excluding hydrogens is 278 g/mol. The number of thioether (sulfide) groups is 1. The van der Waals surface area contributed by atoms with Crippen molar-refractivity contribution < 1.29 is 20.1 Å². The van der Waals surface area contributed by atoms with Gasteiger partial charge in [0.15, 0.2) is 0 Å². The molecule has 0 saturated carbocycles. The zero-order valence-corrected chi connectivity index (χ0v) is 11.6. The minimum Gasteiger partial charge on any atom is -0.394 e. The lowest BCUT2D eigenvalue weighted by Crippen LogP contribution is -2.54. The van der Waals surface area contributed by atoms with E-state index in [2.05, 4.69) is 4.99 Å². The highest BCUT2D eigenvalue weighted by Gasteiger charge is 2.45. The summed E-state index contributed by atoms with van der Waals surface area (Å²) in [4.78, 5) is 4.47. The number of aliphatic hydroxyl groups is 3. The van der Waals surface area contributed by atoms with Gasteiger partial charge in [-0.3, -0.25) is 4.99 Å². The largest absolute Gasteiger partial charge is 0.394 e. The van der Waals surface area contributed by atoms with Crippen LogP contribution in [-0.2, 0) is 11.2 Å². The van der Waals surface area contributed by atoms with Crippen LogP contribution in [0.15, 0.2) is 35.3 Å². The summed E-state index contributed by atoms with van der Waals surface area (Å²) >= 11 is 1.51. The Morgan fingerprint density at radius 3 is 2.65 bits per heavy atom. The molecule has 5 nitrogen and oxygen atoms in total. The highest BCUT2D eigenvalue weighted by atomic mass is 32.2. The molecular formula is C14H17NO4S. The molecule has 6 heteroatoms. The Balaban J connectivity index is 1.72. The van der Waals surface area contributed by atoms with Crippen molar-refractivity contribution in [2.45, 2.75) is 35.5 Å².